The molecule has 0 fully saturated rings. The Morgan fingerprint density at radius 1 is 1.12 bits per heavy atom. The van der Waals surface area contributed by atoms with Crippen molar-refractivity contribution in [3.63, 3.8) is 0 Å². The Hall–Kier alpha value is -2.55. The van der Waals surface area contributed by atoms with Crippen molar-refractivity contribution in [2.75, 3.05) is 11.5 Å². The lowest BCUT2D eigenvalue weighted by molar-refractivity contribution is 0.577. The van der Waals surface area contributed by atoms with Crippen LogP contribution in [-0.2, 0) is 16.4 Å². The third-order valence-corrected chi connectivity index (χ3v) is 5.80. The maximum absolute atomic E-state index is 12.3. The van der Waals surface area contributed by atoms with Gasteiger partial charge < -0.3 is 10.3 Å². The molecule has 0 radical (unpaired) electrons. The van der Waals surface area contributed by atoms with Gasteiger partial charge in [0.15, 0.2) is 5.82 Å². The normalized spacial score (nSPS) is 12.0. The SMILES string of the molecule is Cc1nc(N)c2nc(C)n(CCCS(=O)(=O)c3ncccn3)c2c1C. The minimum absolute atomic E-state index is 0.0330. The molecule has 132 valence electrons. The van der Waals surface area contributed by atoms with Crippen LogP contribution < -0.4 is 5.73 Å². The zero-order valence-corrected chi connectivity index (χ0v) is 15.2. The highest BCUT2D eigenvalue weighted by Gasteiger charge is 2.19. The molecule has 3 heterocycles. The van der Waals surface area contributed by atoms with Gasteiger partial charge in [0, 0.05) is 24.6 Å². The summed E-state index contributed by atoms with van der Waals surface area (Å²) in [5, 5.41) is -0.136. The molecule has 0 aromatic carbocycles. The van der Waals surface area contributed by atoms with Crippen LogP contribution >= 0.6 is 0 Å². The van der Waals surface area contributed by atoms with Crippen LogP contribution in [0.15, 0.2) is 23.6 Å². The number of hydrogen-bond donors (Lipinski definition) is 1. The Bertz CT molecular complexity index is 1030. The number of hydrogen-bond acceptors (Lipinski definition) is 7. The maximum Gasteiger partial charge on any atom is 0.246 e. The summed E-state index contributed by atoms with van der Waals surface area (Å²) in [4.78, 5) is 16.4. The highest BCUT2D eigenvalue weighted by Crippen LogP contribution is 2.26. The van der Waals surface area contributed by atoms with Crippen molar-refractivity contribution in [3.05, 3.63) is 35.5 Å². The third kappa shape index (κ3) is 3.19. The van der Waals surface area contributed by atoms with Gasteiger partial charge in [-0.05, 0) is 38.8 Å². The molecular weight excluding hydrogens is 340 g/mol. The summed E-state index contributed by atoms with van der Waals surface area (Å²) in [7, 11) is -3.50. The van der Waals surface area contributed by atoms with E-state index in [1.807, 2.05) is 25.3 Å². The molecule has 0 spiro atoms. The standard InChI is InChI=1S/C16H20N6O2S/c1-10-11(2)20-15(17)13-14(10)22(12(3)21-13)8-5-9-25(23,24)16-18-6-4-7-19-16/h4,6-7H,5,8-9H2,1-3H3,(H2,17,20). The summed E-state index contributed by atoms with van der Waals surface area (Å²) in [5.41, 5.74) is 9.40. The number of rotatable bonds is 5. The first-order chi connectivity index (χ1) is 11.8. The molecule has 9 heteroatoms. The Labute approximate surface area is 146 Å². The van der Waals surface area contributed by atoms with Gasteiger partial charge in [0.1, 0.15) is 11.3 Å². The number of anilines is 1. The minimum atomic E-state index is -3.50. The smallest absolute Gasteiger partial charge is 0.246 e. The Balaban J connectivity index is 1.86. The van der Waals surface area contributed by atoms with Crippen molar-refractivity contribution in [1.29, 1.82) is 0 Å². The lowest BCUT2D eigenvalue weighted by Crippen LogP contribution is -2.13. The fourth-order valence-corrected chi connectivity index (χ4v) is 3.97. The first-order valence-corrected chi connectivity index (χ1v) is 9.56. The van der Waals surface area contributed by atoms with Crippen molar-refractivity contribution in [3.8, 4) is 0 Å². The summed E-state index contributed by atoms with van der Waals surface area (Å²) >= 11 is 0. The molecule has 8 nitrogen and oxygen atoms in total. The van der Waals surface area contributed by atoms with Crippen molar-refractivity contribution in [2.24, 2.45) is 0 Å². The molecule has 0 aliphatic rings. The number of sulfone groups is 1. The van der Waals surface area contributed by atoms with Crippen LogP contribution in [0.1, 0.15) is 23.5 Å². The predicted octanol–water partition coefficient (Wildman–Crippen LogP) is 1.59. The van der Waals surface area contributed by atoms with Crippen LogP contribution in [0.3, 0.4) is 0 Å². The lowest BCUT2D eigenvalue weighted by Gasteiger charge is -2.10. The molecule has 0 amide bonds. The van der Waals surface area contributed by atoms with Gasteiger partial charge in [0.25, 0.3) is 0 Å². The van der Waals surface area contributed by atoms with E-state index in [0.717, 1.165) is 22.6 Å². The van der Waals surface area contributed by atoms with Gasteiger partial charge in [-0.3, -0.25) is 0 Å². The first-order valence-electron chi connectivity index (χ1n) is 7.90. The molecule has 0 aliphatic carbocycles. The van der Waals surface area contributed by atoms with Crippen LogP contribution in [0, 0.1) is 20.8 Å². The largest absolute Gasteiger partial charge is 0.382 e. The summed E-state index contributed by atoms with van der Waals surface area (Å²) in [6.07, 6.45) is 3.28. The molecule has 0 aliphatic heterocycles. The lowest BCUT2D eigenvalue weighted by atomic mass is 10.2. The summed E-state index contributed by atoms with van der Waals surface area (Å²) < 4.78 is 26.6. The van der Waals surface area contributed by atoms with Crippen molar-refractivity contribution < 1.29 is 8.42 Å². The van der Waals surface area contributed by atoms with E-state index in [4.69, 9.17) is 5.73 Å². The highest BCUT2D eigenvalue weighted by atomic mass is 32.2. The highest BCUT2D eigenvalue weighted by molar-refractivity contribution is 7.91. The molecule has 0 bridgehead atoms. The topological polar surface area (TPSA) is 117 Å². The van der Waals surface area contributed by atoms with Gasteiger partial charge in [-0.15, -0.1) is 0 Å². The number of aryl methyl sites for hydroxylation is 4. The van der Waals surface area contributed by atoms with Crippen LogP contribution in [0.25, 0.3) is 11.0 Å². The number of aromatic nitrogens is 5. The number of imidazole rings is 1. The molecule has 3 rings (SSSR count). The second-order valence-electron chi connectivity index (χ2n) is 5.92. The van der Waals surface area contributed by atoms with Crippen molar-refractivity contribution in [1.82, 2.24) is 24.5 Å². The predicted molar refractivity (Wildman–Crippen MR) is 94.9 cm³/mol. The number of pyridine rings is 1. The van der Waals surface area contributed by atoms with Gasteiger partial charge >= 0.3 is 0 Å². The number of nitrogen functional groups attached to an aromatic ring is 1. The summed E-state index contributed by atoms with van der Waals surface area (Å²) in [5.74, 6) is 1.14. The first kappa shape index (κ1) is 17.3. The number of nitrogens with zero attached hydrogens (tertiary/aromatic N) is 5. The molecule has 25 heavy (non-hydrogen) atoms. The van der Waals surface area contributed by atoms with Crippen molar-refractivity contribution >= 4 is 26.7 Å². The third-order valence-electron chi connectivity index (χ3n) is 4.20. The van der Waals surface area contributed by atoms with E-state index in [9.17, 15) is 8.42 Å². The monoisotopic (exact) mass is 360 g/mol. The molecular formula is C16H20N6O2S. The van der Waals surface area contributed by atoms with E-state index in [1.165, 1.54) is 12.4 Å². The van der Waals surface area contributed by atoms with Crippen LogP contribution in [0.5, 0.6) is 0 Å². The Kier molecular flexibility index (Phi) is 4.42. The summed E-state index contributed by atoms with van der Waals surface area (Å²) in [6.45, 7) is 6.26. The fourth-order valence-electron chi connectivity index (χ4n) is 2.84. The molecule has 3 aromatic heterocycles. The van der Waals surface area contributed by atoms with Gasteiger partial charge in [0.2, 0.25) is 15.0 Å². The quantitative estimate of drug-likeness (QED) is 0.687. The van der Waals surface area contributed by atoms with E-state index in [2.05, 4.69) is 19.9 Å². The average molecular weight is 360 g/mol. The Morgan fingerprint density at radius 2 is 1.80 bits per heavy atom. The van der Waals surface area contributed by atoms with Crippen LogP contribution in [-0.4, -0.2) is 38.7 Å². The fraction of sp³-hybridized carbons (Fsp3) is 0.375. The van der Waals surface area contributed by atoms with E-state index < -0.39 is 9.84 Å². The zero-order valence-electron chi connectivity index (χ0n) is 14.4. The van der Waals surface area contributed by atoms with E-state index in [-0.39, 0.29) is 10.9 Å². The van der Waals surface area contributed by atoms with Crippen molar-refractivity contribution in [2.45, 2.75) is 38.9 Å². The molecule has 2 N–H and O–H groups in total. The zero-order chi connectivity index (χ0) is 18.2. The number of fused-ring (bicyclic) bond motifs is 1. The number of nitrogens with two attached hydrogens (primary N) is 1. The van der Waals surface area contributed by atoms with E-state index in [1.54, 1.807) is 6.07 Å². The van der Waals surface area contributed by atoms with E-state index in [0.29, 0.717) is 24.3 Å². The Morgan fingerprint density at radius 3 is 2.48 bits per heavy atom. The minimum Gasteiger partial charge on any atom is -0.382 e. The van der Waals surface area contributed by atoms with Gasteiger partial charge in [-0.2, -0.15) is 0 Å². The average Bonchev–Trinajstić information content (AvgIpc) is 2.91. The van der Waals surface area contributed by atoms with Gasteiger partial charge in [0.05, 0.1) is 11.3 Å². The second-order valence-corrected chi connectivity index (χ2v) is 7.92. The molecule has 3 aromatic rings. The van der Waals surface area contributed by atoms with Crippen LogP contribution in [0.2, 0.25) is 0 Å². The van der Waals surface area contributed by atoms with Crippen LogP contribution in [0.4, 0.5) is 5.82 Å². The van der Waals surface area contributed by atoms with E-state index >= 15 is 0 Å². The van der Waals surface area contributed by atoms with Gasteiger partial charge in [-0.1, -0.05) is 0 Å². The molecule has 0 saturated heterocycles. The maximum atomic E-state index is 12.3. The molecule has 0 atom stereocenters. The molecule has 0 saturated carbocycles. The second kappa shape index (κ2) is 6.40. The molecule has 0 unspecified atom stereocenters. The van der Waals surface area contributed by atoms with Gasteiger partial charge in [-0.25, -0.2) is 28.4 Å². The summed E-state index contributed by atoms with van der Waals surface area (Å²) in [6, 6.07) is 1.59.